The highest BCUT2D eigenvalue weighted by molar-refractivity contribution is 6.08. The second-order valence-electron chi connectivity index (χ2n) is 5.80. The maximum absolute atomic E-state index is 14.5. The molecule has 0 amide bonds. The Morgan fingerprint density at radius 3 is 2.79 bits per heavy atom. The first-order chi connectivity index (χ1) is 11.6. The molecule has 0 aliphatic carbocycles. The van der Waals surface area contributed by atoms with E-state index in [2.05, 4.69) is 28.9 Å². The summed E-state index contributed by atoms with van der Waals surface area (Å²) in [6.45, 7) is 5.38. The average Bonchev–Trinajstić information content (AvgIpc) is 2.91. The number of rotatable bonds is 5. The highest BCUT2D eigenvalue weighted by Gasteiger charge is 2.22. The third kappa shape index (κ3) is 2.95. The van der Waals surface area contributed by atoms with E-state index in [1.165, 1.54) is 17.8 Å². The molecule has 0 unspecified atom stereocenters. The monoisotopic (exact) mass is 321 g/mol. The van der Waals surface area contributed by atoms with Gasteiger partial charge in [-0.3, -0.25) is 0 Å². The van der Waals surface area contributed by atoms with Crippen LogP contribution in [0.3, 0.4) is 0 Å². The third-order valence-electron chi connectivity index (χ3n) is 4.27. The summed E-state index contributed by atoms with van der Waals surface area (Å²) in [7, 11) is 1.75. The molecule has 0 bridgehead atoms. The molecule has 4 heteroatoms. The summed E-state index contributed by atoms with van der Waals surface area (Å²) in [5.74, 6) is -0.264. The van der Waals surface area contributed by atoms with Crippen molar-refractivity contribution in [3.8, 4) is 0 Å². The fourth-order valence-corrected chi connectivity index (χ4v) is 2.99. The van der Waals surface area contributed by atoms with Crippen LogP contribution in [-0.2, 0) is 13.1 Å². The lowest BCUT2D eigenvalue weighted by atomic mass is 10.0. The van der Waals surface area contributed by atoms with Crippen LogP contribution in [0.4, 0.5) is 4.39 Å². The first-order valence-electron chi connectivity index (χ1n) is 7.83. The molecule has 0 saturated carbocycles. The van der Waals surface area contributed by atoms with Crippen molar-refractivity contribution in [2.45, 2.75) is 13.1 Å². The summed E-state index contributed by atoms with van der Waals surface area (Å²) in [5, 5.41) is 10.3. The number of nitrogens with one attached hydrogen (secondary N) is 2. The Morgan fingerprint density at radius 2 is 2.12 bits per heavy atom. The normalized spacial score (nSPS) is 13.8. The number of hydrogen-bond acceptors (Lipinski definition) is 3. The molecule has 0 saturated heterocycles. The van der Waals surface area contributed by atoms with Crippen LogP contribution in [0.25, 0.3) is 11.3 Å². The van der Waals surface area contributed by atoms with Crippen LogP contribution >= 0.6 is 0 Å². The number of fused-ring (bicyclic) bond motifs is 1. The van der Waals surface area contributed by atoms with Crippen LogP contribution in [0.1, 0.15) is 22.3 Å². The topological polar surface area (TPSA) is 39.1 Å². The van der Waals surface area contributed by atoms with Crippen LogP contribution in [-0.4, -0.2) is 18.2 Å². The van der Waals surface area contributed by atoms with Crippen molar-refractivity contribution in [1.82, 2.24) is 10.2 Å². The molecule has 3 rings (SSSR count). The van der Waals surface area contributed by atoms with Gasteiger partial charge in [-0.15, -0.1) is 0 Å². The van der Waals surface area contributed by atoms with Gasteiger partial charge in [-0.2, -0.15) is 0 Å². The van der Waals surface area contributed by atoms with Crippen LogP contribution in [0.5, 0.6) is 0 Å². The van der Waals surface area contributed by atoms with Crippen LogP contribution in [0.15, 0.2) is 55.2 Å². The smallest absolute Gasteiger partial charge is 0.128 e. The van der Waals surface area contributed by atoms with Crippen molar-refractivity contribution in [3.63, 3.8) is 0 Å². The summed E-state index contributed by atoms with van der Waals surface area (Å²) in [5.41, 5.74) is 5.25. The lowest BCUT2D eigenvalue weighted by Gasteiger charge is -2.20. The Kier molecular flexibility index (Phi) is 4.47. The van der Waals surface area contributed by atoms with Gasteiger partial charge >= 0.3 is 0 Å². The standard InChI is InChI=1S/C20H20FN3/c1-14-19-6-4-3-5-16(19)12-24(14)13-17-8-7-15(9-20(17)21)18(10-22)11-23-2/h3-11,22-23H,1,12-13H2,2H3/b18-11+,22-10?. The minimum Gasteiger partial charge on any atom is -0.393 e. The molecule has 2 aromatic rings. The molecule has 1 aliphatic heterocycles. The zero-order valence-corrected chi connectivity index (χ0v) is 13.6. The summed E-state index contributed by atoms with van der Waals surface area (Å²) in [6.07, 6.45) is 2.89. The fourth-order valence-electron chi connectivity index (χ4n) is 2.99. The number of hydrogen-bond donors (Lipinski definition) is 2. The molecule has 1 aliphatic rings. The Morgan fingerprint density at radius 1 is 1.33 bits per heavy atom. The van der Waals surface area contributed by atoms with Gasteiger partial charge in [0.2, 0.25) is 0 Å². The fraction of sp³-hybridized carbons (Fsp3) is 0.150. The Hall–Kier alpha value is -2.88. The molecule has 2 aromatic carbocycles. The number of benzene rings is 2. The van der Waals surface area contributed by atoms with Crippen molar-refractivity contribution in [2.75, 3.05) is 7.05 Å². The predicted octanol–water partition coefficient (Wildman–Crippen LogP) is 4.02. The number of nitrogens with zero attached hydrogens (tertiary/aromatic N) is 1. The largest absolute Gasteiger partial charge is 0.393 e. The molecule has 0 fully saturated rings. The van der Waals surface area contributed by atoms with Gasteiger partial charge < -0.3 is 15.6 Å². The van der Waals surface area contributed by atoms with E-state index in [9.17, 15) is 4.39 Å². The van der Waals surface area contributed by atoms with E-state index in [0.717, 1.165) is 17.8 Å². The van der Waals surface area contributed by atoms with E-state index in [1.54, 1.807) is 19.3 Å². The molecule has 0 aromatic heterocycles. The van der Waals surface area contributed by atoms with Gasteiger partial charge in [0, 0.05) is 54.9 Å². The van der Waals surface area contributed by atoms with Crippen LogP contribution < -0.4 is 5.32 Å². The summed E-state index contributed by atoms with van der Waals surface area (Å²) in [4.78, 5) is 2.09. The Balaban J connectivity index is 1.81. The zero-order chi connectivity index (χ0) is 17.1. The molecule has 3 nitrogen and oxygen atoms in total. The Bertz CT molecular complexity index is 823. The first-order valence-corrected chi connectivity index (χ1v) is 7.83. The lowest BCUT2D eigenvalue weighted by molar-refractivity contribution is 0.394. The van der Waals surface area contributed by atoms with E-state index in [4.69, 9.17) is 5.41 Å². The number of halogens is 1. The van der Waals surface area contributed by atoms with Gasteiger partial charge in [0.05, 0.1) is 0 Å². The maximum Gasteiger partial charge on any atom is 0.128 e. The minimum atomic E-state index is -0.264. The van der Waals surface area contributed by atoms with E-state index >= 15 is 0 Å². The summed E-state index contributed by atoms with van der Waals surface area (Å²) < 4.78 is 14.5. The van der Waals surface area contributed by atoms with Gasteiger partial charge in [-0.25, -0.2) is 4.39 Å². The van der Waals surface area contributed by atoms with E-state index in [0.29, 0.717) is 23.2 Å². The van der Waals surface area contributed by atoms with Crippen molar-refractivity contribution < 1.29 is 4.39 Å². The van der Waals surface area contributed by atoms with E-state index in [-0.39, 0.29) is 5.82 Å². The SMILES string of the molecule is C=C1c2ccccc2CN1Cc1ccc(/C(C=N)=C/NC)cc1F. The average molecular weight is 321 g/mol. The van der Waals surface area contributed by atoms with Crippen molar-refractivity contribution in [2.24, 2.45) is 0 Å². The molecule has 122 valence electrons. The molecule has 1 heterocycles. The molecule has 0 radical (unpaired) electrons. The molecule has 0 atom stereocenters. The highest BCUT2D eigenvalue weighted by Crippen LogP contribution is 2.33. The maximum atomic E-state index is 14.5. The molecule has 2 N–H and O–H groups in total. The van der Waals surface area contributed by atoms with Crippen molar-refractivity contribution in [3.05, 3.63) is 83.3 Å². The molecular weight excluding hydrogens is 301 g/mol. The highest BCUT2D eigenvalue weighted by atomic mass is 19.1. The van der Waals surface area contributed by atoms with Crippen molar-refractivity contribution >= 4 is 17.5 Å². The first kappa shape index (κ1) is 16.0. The van der Waals surface area contributed by atoms with E-state index in [1.807, 2.05) is 18.2 Å². The minimum absolute atomic E-state index is 0.264. The van der Waals surface area contributed by atoms with Crippen molar-refractivity contribution in [1.29, 1.82) is 5.41 Å². The molecule has 24 heavy (non-hydrogen) atoms. The predicted molar refractivity (Wildman–Crippen MR) is 96.9 cm³/mol. The second kappa shape index (κ2) is 6.71. The quantitative estimate of drug-likeness (QED) is 0.816. The Labute approximate surface area is 141 Å². The van der Waals surface area contributed by atoms with Gasteiger partial charge in [0.1, 0.15) is 5.82 Å². The van der Waals surface area contributed by atoms with Gasteiger partial charge in [0.15, 0.2) is 0 Å². The van der Waals surface area contributed by atoms with Gasteiger partial charge in [-0.1, -0.05) is 43.0 Å². The van der Waals surface area contributed by atoms with Crippen LogP contribution in [0, 0.1) is 11.2 Å². The summed E-state index contributed by atoms with van der Waals surface area (Å²) in [6, 6.07) is 13.3. The van der Waals surface area contributed by atoms with E-state index < -0.39 is 0 Å². The second-order valence-corrected chi connectivity index (χ2v) is 5.80. The number of allylic oxidation sites excluding steroid dienone is 1. The lowest BCUT2D eigenvalue weighted by Crippen LogP contribution is -2.15. The van der Waals surface area contributed by atoms with Crippen LogP contribution in [0.2, 0.25) is 0 Å². The molecular formula is C20H20FN3. The van der Waals surface area contributed by atoms with Gasteiger partial charge in [0.25, 0.3) is 0 Å². The summed E-state index contributed by atoms with van der Waals surface area (Å²) >= 11 is 0. The molecule has 0 spiro atoms. The zero-order valence-electron chi connectivity index (χ0n) is 13.6. The third-order valence-corrected chi connectivity index (χ3v) is 4.27. The van der Waals surface area contributed by atoms with Gasteiger partial charge in [-0.05, 0) is 17.2 Å².